The molecule has 1 heterocycles. The van der Waals surface area contributed by atoms with Gasteiger partial charge >= 0.3 is 5.97 Å². The molecule has 0 atom stereocenters. The van der Waals surface area contributed by atoms with Gasteiger partial charge in [-0.25, -0.2) is 4.79 Å². The van der Waals surface area contributed by atoms with Gasteiger partial charge < -0.3 is 15.0 Å². The Labute approximate surface area is 134 Å². The summed E-state index contributed by atoms with van der Waals surface area (Å²) in [6, 6.07) is 15.3. The van der Waals surface area contributed by atoms with E-state index in [1.165, 1.54) is 0 Å². The summed E-state index contributed by atoms with van der Waals surface area (Å²) in [5.74, 6) is 0.0240. The third-order valence-corrected chi connectivity index (χ3v) is 3.67. The molecule has 1 N–H and O–H groups in total. The van der Waals surface area contributed by atoms with E-state index in [1.54, 1.807) is 11.0 Å². The smallest absolute Gasteiger partial charge is 0.331 e. The van der Waals surface area contributed by atoms with Crippen molar-refractivity contribution in [3.05, 3.63) is 59.7 Å². The summed E-state index contributed by atoms with van der Waals surface area (Å²) in [7, 11) is 0. The van der Waals surface area contributed by atoms with Crippen molar-refractivity contribution in [2.24, 2.45) is 0 Å². The standard InChI is InChI=1S/C18H18N2O3/c1-13-7-8-16-15(9-13)20(12-18(22)23-16)11-17(21)19-10-14-5-3-2-4-6-14/h2-9H,10-12H2,1H3,(H,19,21). The van der Waals surface area contributed by atoms with Gasteiger partial charge in [-0.1, -0.05) is 36.4 Å². The highest BCUT2D eigenvalue weighted by Crippen LogP contribution is 2.32. The predicted octanol–water partition coefficient (Wildman–Crippen LogP) is 2.04. The van der Waals surface area contributed by atoms with E-state index in [9.17, 15) is 9.59 Å². The minimum absolute atomic E-state index is 0.0786. The van der Waals surface area contributed by atoms with Gasteiger partial charge in [0.1, 0.15) is 6.54 Å². The fraction of sp³-hybridized carbons (Fsp3) is 0.222. The molecule has 2 aromatic rings. The van der Waals surface area contributed by atoms with Gasteiger partial charge in [-0.15, -0.1) is 0 Å². The lowest BCUT2D eigenvalue weighted by Crippen LogP contribution is -2.43. The number of ether oxygens (including phenoxy) is 1. The van der Waals surface area contributed by atoms with Gasteiger partial charge in [0.15, 0.2) is 5.75 Å². The van der Waals surface area contributed by atoms with Crippen molar-refractivity contribution >= 4 is 17.6 Å². The topological polar surface area (TPSA) is 58.6 Å². The number of hydrogen-bond acceptors (Lipinski definition) is 4. The van der Waals surface area contributed by atoms with Crippen molar-refractivity contribution in [1.82, 2.24) is 5.32 Å². The van der Waals surface area contributed by atoms with Crippen LogP contribution < -0.4 is 15.0 Å². The molecule has 0 unspecified atom stereocenters. The number of rotatable bonds is 4. The number of benzene rings is 2. The number of carbonyl (C=O) groups excluding carboxylic acids is 2. The molecule has 0 saturated heterocycles. The van der Waals surface area contributed by atoms with Crippen LogP contribution in [-0.4, -0.2) is 25.0 Å². The first-order valence-corrected chi connectivity index (χ1v) is 7.49. The number of hydrogen-bond donors (Lipinski definition) is 1. The van der Waals surface area contributed by atoms with Crippen molar-refractivity contribution in [2.75, 3.05) is 18.0 Å². The van der Waals surface area contributed by atoms with E-state index >= 15 is 0 Å². The Bertz CT molecular complexity index is 728. The average molecular weight is 310 g/mol. The average Bonchev–Trinajstić information content (AvgIpc) is 2.54. The zero-order valence-electron chi connectivity index (χ0n) is 12.9. The summed E-state index contributed by atoms with van der Waals surface area (Å²) < 4.78 is 5.22. The van der Waals surface area contributed by atoms with Crippen LogP contribution >= 0.6 is 0 Å². The zero-order chi connectivity index (χ0) is 16.2. The van der Waals surface area contributed by atoms with Crippen LogP contribution in [0, 0.1) is 6.92 Å². The normalized spacial score (nSPS) is 13.3. The van der Waals surface area contributed by atoms with Gasteiger partial charge in [0.2, 0.25) is 5.91 Å². The van der Waals surface area contributed by atoms with Crippen molar-refractivity contribution in [1.29, 1.82) is 0 Å². The molecular weight excluding hydrogens is 292 g/mol. The molecule has 1 aliphatic heterocycles. The first-order chi connectivity index (χ1) is 11.1. The molecule has 23 heavy (non-hydrogen) atoms. The number of nitrogens with zero attached hydrogens (tertiary/aromatic N) is 1. The SMILES string of the molecule is Cc1ccc2c(c1)N(CC(=O)NCc1ccccc1)CC(=O)O2. The molecule has 118 valence electrons. The van der Waals surface area contributed by atoms with E-state index in [2.05, 4.69) is 5.32 Å². The molecule has 0 bridgehead atoms. The summed E-state index contributed by atoms with van der Waals surface area (Å²) in [6.07, 6.45) is 0. The number of carbonyl (C=O) groups is 2. The summed E-state index contributed by atoms with van der Waals surface area (Å²) in [5, 5.41) is 2.87. The fourth-order valence-corrected chi connectivity index (χ4v) is 2.52. The second-order valence-corrected chi connectivity index (χ2v) is 5.56. The van der Waals surface area contributed by atoms with Gasteiger partial charge in [-0.05, 0) is 30.2 Å². The Morgan fingerprint density at radius 3 is 2.78 bits per heavy atom. The number of aryl methyl sites for hydroxylation is 1. The Morgan fingerprint density at radius 2 is 2.00 bits per heavy atom. The maximum absolute atomic E-state index is 12.2. The molecule has 2 aromatic carbocycles. The van der Waals surface area contributed by atoms with Crippen LogP contribution in [0.2, 0.25) is 0 Å². The minimum atomic E-state index is -0.350. The van der Waals surface area contributed by atoms with Gasteiger partial charge in [-0.2, -0.15) is 0 Å². The third kappa shape index (κ3) is 3.69. The first-order valence-electron chi connectivity index (χ1n) is 7.49. The maximum atomic E-state index is 12.2. The van der Waals surface area contributed by atoms with E-state index in [0.717, 1.165) is 16.8 Å². The van der Waals surface area contributed by atoms with Crippen molar-refractivity contribution in [2.45, 2.75) is 13.5 Å². The molecule has 1 aliphatic rings. The molecule has 5 nitrogen and oxygen atoms in total. The highest BCUT2D eigenvalue weighted by atomic mass is 16.5. The molecule has 0 spiro atoms. The Balaban J connectivity index is 1.67. The maximum Gasteiger partial charge on any atom is 0.331 e. The largest absolute Gasteiger partial charge is 0.423 e. The molecule has 0 saturated carbocycles. The van der Waals surface area contributed by atoms with E-state index in [0.29, 0.717) is 12.3 Å². The van der Waals surface area contributed by atoms with Crippen LogP contribution in [0.5, 0.6) is 5.75 Å². The van der Waals surface area contributed by atoms with E-state index < -0.39 is 0 Å². The van der Waals surface area contributed by atoms with Crippen LogP contribution in [0.25, 0.3) is 0 Å². The molecule has 0 radical (unpaired) electrons. The molecule has 0 fully saturated rings. The quantitative estimate of drug-likeness (QED) is 0.693. The van der Waals surface area contributed by atoms with Gasteiger partial charge in [0.05, 0.1) is 12.2 Å². The van der Waals surface area contributed by atoms with Crippen molar-refractivity contribution < 1.29 is 14.3 Å². The highest BCUT2D eigenvalue weighted by Gasteiger charge is 2.25. The highest BCUT2D eigenvalue weighted by molar-refractivity contribution is 5.89. The van der Waals surface area contributed by atoms with Crippen molar-refractivity contribution in [3.8, 4) is 5.75 Å². The summed E-state index contributed by atoms with van der Waals surface area (Å²) in [4.78, 5) is 25.6. The lowest BCUT2D eigenvalue weighted by atomic mass is 10.1. The zero-order valence-corrected chi connectivity index (χ0v) is 12.9. The Hall–Kier alpha value is -2.82. The lowest BCUT2D eigenvalue weighted by Gasteiger charge is -2.29. The molecule has 1 amide bonds. The van der Waals surface area contributed by atoms with Crippen LogP contribution in [0.1, 0.15) is 11.1 Å². The van der Waals surface area contributed by atoms with E-state index in [4.69, 9.17) is 4.74 Å². The van der Waals surface area contributed by atoms with Crippen LogP contribution in [0.3, 0.4) is 0 Å². The van der Waals surface area contributed by atoms with Gasteiger partial charge in [-0.3, -0.25) is 4.79 Å². The van der Waals surface area contributed by atoms with Gasteiger partial charge in [0, 0.05) is 6.54 Å². The Morgan fingerprint density at radius 1 is 1.22 bits per heavy atom. The summed E-state index contributed by atoms with van der Waals surface area (Å²) >= 11 is 0. The summed E-state index contributed by atoms with van der Waals surface area (Å²) in [6.45, 7) is 2.64. The number of esters is 1. The van der Waals surface area contributed by atoms with E-state index in [-0.39, 0.29) is 25.0 Å². The molecule has 0 aliphatic carbocycles. The lowest BCUT2D eigenvalue weighted by molar-refractivity contribution is -0.133. The van der Waals surface area contributed by atoms with E-state index in [1.807, 2.05) is 49.4 Å². The molecule has 5 heteroatoms. The second-order valence-electron chi connectivity index (χ2n) is 5.56. The summed E-state index contributed by atoms with van der Waals surface area (Å²) in [5.41, 5.74) is 2.87. The number of amides is 1. The van der Waals surface area contributed by atoms with Gasteiger partial charge in [0.25, 0.3) is 0 Å². The first kappa shape index (κ1) is 15.1. The second kappa shape index (κ2) is 6.52. The van der Waals surface area contributed by atoms with Crippen molar-refractivity contribution in [3.63, 3.8) is 0 Å². The number of nitrogens with one attached hydrogen (secondary N) is 1. The fourth-order valence-electron chi connectivity index (χ4n) is 2.52. The molecule has 0 aromatic heterocycles. The van der Waals surface area contributed by atoms with Crippen LogP contribution in [0.4, 0.5) is 5.69 Å². The van der Waals surface area contributed by atoms with Crippen LogP contribution in [0.15, 0.2) is 48.5 Å². The molecular formula is C18H18N2O3. The molecule has 3 rings (SSSR count). The minimum Gasteiger partial charge on any atom is -0.423 e. The van der Waals surface area contributed by atoms with Crippen LogP contribution in [-0.2, 0) is 16.1 Å². The predicted molar refractivity (Wildman–Crippen MR) is 87.3 cm³/mol. The number of anilines is 1. The number of fused-ring (bicyclic) bond motifs is 1. The third-order valence-electron chi connectivity index (χ3n) is 3.67. The monoisotopic (exact) mass is 310 g/mol. The Kier molecular flexibility index (Phi) is 4.28.